The highest BCUT2D eigenvalue weighted by Gasteiger charge is 2.06. The number of ether oxygens (including phenoxy) is 1. The number of halogens is 2. The molecule has 0 aliphatic rings. The molecule has 1 unspecified atom stereocenters. The van der Waals surface area contributed by atoms with Crippen molar-refractivity contribution in [3.05, 3.63) is 22.3 Å². The number of nitrogens with one attached hydrogen (secondary N) is 1. The zero-order valence-corrected chi connectivity index (χ0v) is 11.8. The van der Waals surface area contributed by atoms with Crippen LogP contribution in [0, 0.1) is 6.92 Å². The van der Waals surface area contributed by atoms with Crippen molar-refractivity contribution in [1.82, 2.24) is 4.98 Å². The van der Waals surface area contributed by atoms with Crippen LogP contribution in [0.1, 0.15) is 12.0 Å². The summed E-state index contributed by atoms with van der Waals surface area (Å²) in [5.74, 6) is 0.862. The van der Waals surface area contributed by atoms with Gasteiger partial charge in [-0.3, -0.25) is 0 Å². The number of aryl methyl sites for hydroxylation is 1. The highest BCUT2D eigenvalue weighted by atomic mass is 79.9. The monoisotopic (exact) mass is 306 g/mol. The highest BCUT2D eigenvalue weighted by molar-refractivity contribution is 9.10. The van der Waals surface area contributed by atoms with Gasteiger partial charge < -0.3 is 10.1 Å². The SMILES string of the molecule is COCC(Cl)CCNc1nccc(C)c1Br. The standard InChI is InChI=1S/C11H16BrClN2O/c1-8-3-5-14-11(10(8)12)15-6-4-9(13)7-16-2/h3,5,9H,4,6-7H2,1-2H3,(H,14,15). The lowest BCUT2D eigenvalue weighted by Crippen LogP contribution is -2.14. The lowest BCUT2D eigenvalue weighted by Gasteiger charge is -2.11. The second-order valence-corrected chi connectivity index (χ2v) is 4.97. The maximum absolute atomic E-state index is 6.02. The number of anilines is 1. The Morgan fingerprint density at radius 2 is 2.38 bits per heavy atom. The normalized spacial score (nSPS) is 12.5. The summed E-state index contributed by atoms with van der Waals surface area (Å²) in [5, 5.41) is 3.29. The Hall–Kier alpha value is -0.320. The summed E-state index contributed by atoms with van der Waals surface area (Å²) in [4.78, 5) is 4.25. The summed E-state index contributed by atoms with van der Waals surface area (Å²) >= 11 is 9.52. The average Bonchev–Trinajstić information content (AvgIpc) is 2.25. The van der Waals surface area contributed by atoms with Crippen molar-refractivity contribution >= 4 is 33.3 Å². The number of methoxy groups -OCH3 is 1. The molecule has 1 aromatic heterocycles. The van der Waals surface area contributed by atoms with Crippen LogP contribution in [0.25, 0.3) is 0 Å². The van der Waals surface area contributed by atoms with Gasteiger partial charge in [0.05, 0.1) is 16.5 Å². The molecule has 0 aromatic carbocycles. The van der Waals surface area contributed by atoms with Gasteiger partial charge in [-0.15, -0.1) is 11.6 Å². The van der Waals surface area contributed by atoms with E-state index in [9.17, 15) is 0 Å². The number of hydrogen-bond acceptors (Lipinski definition) is 3. The van der Waals surface area contributed by atoms with Crippen molar-refractivity contribution in [3.8, 4) is 0 Å². The summed E-state index contributed by atoms with van der Waals surface area (Å²) < 4.78 is 5.97. The van der Waals surface area contributed by atoms with E-state index in [1.54, 1.807) is 13.3 Å². The Morgan fingerprint density at radius 1 is 1.62 bits per heavy atom. The van der Waals surface area contributed by atoms with Gasteiger partial charge in [0.15, 0.2) is 0 Å². The fraction of sp³-hybridized carbons (Fsp3) is 0.545. The minimum Gasteiger partial charge on any atom is -0.383 e. The van der Waals surface area contributed by atoms with Crippen LogP contribution in [0.3, 0.4) is 0 Å². The number of rotatable bonds is 6. The molecule has 1 N–H and O–H groups in total. The summed E-state index contributed by atoms with van der Waals surface area (Å²) in [5.41, 5.74) is 1.16. The van der Waals surface area contributed by atoms with Crippen molar-refractivity contribution < 1.29 is 4.74 Å². The smallest absolute Gasteiger partial charge is 0.140 e. The van der Waals surface area contributed by atoms with Crippen LogP contribution < -0.4 is 5.32 Å². The quantitative estimate of drug-likeness (QED) is 0.820. The van der Waals surface area contributed by atoms with Gasteiger partial charge in [-0.2, -0.15) is 0 Å². The third-order valence-corrected chi connectivity index (χ3v) is 3.53. The van der Waals surface area contributed by atoms with E-state index < -0.39 is 0 Å². The number of aromatic nitrogens is 1. The van der Waals surface area contributed by atoms with Gasteiger partial charge in [0.1, 0.15) is 5.82 Å². The summed E-state index contributed by atoms with van der Waals surface area (Å²) in [6.45, 7) is 3.39. The zero-order chi connectivity index (χ0) is 12.0. The molecule has 0 fully saturated rings. The molecule has 5 heteroatoms. The topological polar surface area (TPSA) is 34.1 Å². The first kappa shape index (κ1) is 13.7. The number of nitrogens with zero attached hydrogens (tertiary/aromatic N) is 1. The Labute approximate surface area is 110 Å². The van der Waals surface area contributed by atoms with Crippen molar-refractivity contribution in [2.45, 2.75) is 18.7 Å². The molecular formula is C11H16BrClN2O. The Morgan fingerprint density at radius 3 is 3.06 bits per heavy atom. The van der Waals surface area contributed by atoms with Crippen LogP contribution in [0.5, 0.6) is 0 Å². The van der Waals surface area contributed by atoms with E-state index in [0.29, 0.717) is 6.61 Å². The molecule has 0 spiro atoms. The summed E-state index contributed by atoms with van der Waals surface area (Å²) in [7, 11) is 1.65. The summed E-state index contributed by atoms with van der Waals surface area (Å²) in [6, 6.07) is 1.96. The molecule has 0 saturated heterocycles. The molecule has 16 heavy (non-hydrogen) atoms. The predicted molar refractivity (Wildman–Crippen MR) is 71.3 cm³/mol. The molecule has 0 aliphatic carbocycles. The second kappa shape index (κ2) is 7.09. The Bertz CT molecular complexity index is 336. The minimum absolute atomic E-state index is 0.0427. The van der Waals surface area contributed by atoms with E-state index in [1.165, 1.54) is 0 Å². The maximum Gasteiger partial charge on any atom is 0.140 e. The first-order chi connectivity index (χ1) is 7.65. The third kappa shape index (κ3) is 4.28. The molecular weight excluding hydrogens is 291 g/mol. The van der Waals surface area contributed by atoms with Gasteiger partial charge in [-0.1, -0.05) is 0 Å². The predicted octanol–water partition coefficient (Wildman–Crippen LogP) is 3.21. The van der Waals surface area contributed by atoms with Crippen LogP contribution in [-0.2, 0) is 4.74 Å². The maximum atomic E-state index is 6.02. The van der Waals surface area contributed by atoms with Crippen molar-refractivity contribution in [2.75, 3.05) is 25.6 Å². The van der Waals surface area contributed by atoms with E-state index >= 15 is 0 Å². The van der Waals surface area contributed by atoms with Gasteiger partial charge >= 0.3 is 0 Å². The largest absolute Gasteiger partial charge is 0.383 e. The molecule has 3 nitrogen and oxygen atoms in total. The van der Waals surface area contributed by atoms with Crippen LogP contribution in [0.2, 0.25) is 0 Å². The minimum atomic E-state index is 0.0427. The van der Waals surface area contributed by atoms with Crippen molar-refractivity contribution in [2.24, 2.45) is 0 Å². The molecule has 0 radical (unpaired) electrons. The van der Waals surface area contributed by atoms with E-state index in [2.05, 4.69) is 26.2 Å². The van der Waals surface area contributed by atoms with Crippen molar-refractivity contribution in [1.29, 1.82) is 0 Å². The van der Waals surface area contributed by atoms with Gasteiger partial charge in [-0.25, -0.2) is 4.98 Å². The van der Waals surface area contributed by atoms with E-state index in [1.807, 2.05) is 13.0 Å². The van der Waals surface area contributed by atoms with E-state index in [4.69, 9.17) is 16.3 Å². The van der Waals surface area contributed by atoms with Crippen LogP contribution >= 0.6 is 27.5 Å². The average molecular weight is 308 g/mol. The molecule has 0 aliphatic heterocycles. The first-order valence-electron chi connectivity index (χ1n) is 5.13. The Balaban J connectivity index is 2.40. The van der Waals surface area contributed by atoms with Crippen molar-refractivity contribution in [3.63, 3.8) is 0 Å². The number of pyridine rings is 1. The number of alkyl halides is 1. The van der Waals surface area contributed by atoms with Gasteiger partial charge in [-0.05, 0) is 40.9 Å². The fourth-order valence-electron chi connectivity index (χ4n) is 1.27. The highest BCUT2D eigenvalue weighted by Crippen LogP contribution is 2.23. The molecule has 90 valence electrons. The van der Waals surface area contributed by atoms with Crippen LogP contribution in [-0.4, -0.2) is 30.6 Å². The molecule has 1 atom stereocenters. The molecule has 0 amide bonds. The van der Waals surface area contributed by atoms with E-state index in [-0.39, 0.29) is 5.38 Å². The van der Waals surface area contributed by atoms with Gasteiger partial charge in [0.2, 0.25) is 0 Å². The van der Waals surface area contributed by atoms with Gasteiger partial charge in [0, 0.05) is 19.9 Å². The fourth-order valence-corrected chi connectivity index (χ4v) is 1.88. The molecule has 0 bridgehead atoms. The Kier molecular flexibility index (Phi) is 6.09. The zero-order valence-electron chi connectivity index (χ0n) is 9.46. The summed E-state index contributed by atoms with van der Waals surface area (Å²) in [6.07, 6.45) is 2.63. The molecule has 1 aromatic rings. The molecule has 0 saturated carbocycles. The lowest BCUT2D eigenvalue weighted by molar-refractivity contribution is 0.196. The van der Waals surface area contributed by atoms with Gasteiger partial charge in [0.25, 0.3) is 0 Å². The lowest BCUT2D eigenvalue weighted by atomic mass is 10.3. The molecule has 1 heterocycles. The van der Waals surface area contributed by atoms with Crippen LogP contribution in [0.15, 0.2) is 16.7 Å². The first-order valence-corrected chi connectivity index (χ1v) is 6.36. The second-order valence-electron chi connectivity index (χ2n) is 3.56. The van der Waals surface area contributed by atoms with Crippen LogP contribution in [0.4, 0.5) is 5.82 Å². The number of hydrogen-bond donors (Lipinski definition) is 1. The molecule has 1 rings (SSSR count). The third-order valence-electron chi connectivity index (χ3n) is 2.18. The van der Waals surface area contributed by atoms with E-state index in [0.717, 1.165) is 28.8 Å².